The zero-order chi connectivity index (χ0) is 21.3. The fourth-order valence-corrected chi connectivity index (χ4v) is 3.48. The molecule has 0 spiro atoms. The first-order valence-electron chi connectivity index (χ1n) is 9.37. The molecule has 3 amide bonds. The first-order chi connectivity index (χ1) is 14.4. The van der Waals surface area contributed by atoms with Crippen LogP contribution in [0.1, 0.15) is 16.8 Å². The molecule has 3 aromatic rings. The molecule has 1 aromatic heterocycles. The van der Waals surface area contributed by atoms with Gasteiger partial charge in [-0.1, -0.05) is 23.7 Å². The number of methoxy groups -OCH3 is 1. The van der Waals surface area contributed by atoms with Gasteiger partial charge in [0.05, 0.1) is 13.7 Å². The van der Waals surface area contributed by atoms with Crippen LogP contribution in [0.25, 0.3) is 11.8 Å². The molecule has 0 bridgehead atoms. The summed E-state index contributed by atoms with van der Waals surface area (Å²) in [4.78, 5) is 26.3. The van der Waals surface area contributed by atoms with Gasteiger partial charge in [-0.25, -0.2) is 4.79 Å². The summed E-state index contributed by atoms with van der Waals surface area (Å²) in [5.41, 5.74) is 3.87. The van der Waals surface area contributed by atoms with Crippen LogP contribution in [-0.4, -0.2) is 28.5 Å². The van der Waals surface area contributed by atoms with Crippen LogP contribution in [-0.2, 0) is 11.3 Å². The van der Waals surface area contributed by atoms with Gasteiger partial charge in [-0.2, -0.15) is 0 Å². The molecule has 4 rings (SSSR count). The number of nitrogens with zero attached hydrogens (tertiary/aromatic N) is 2. The molecule has 0 aliphatic carbocycles. The lowest BCUT2D eigenvalue weighted by molar-refractivity contribution is -0.123. The number of hydrogen-bond donors (Lipinski definition) is 1. The molecular weight excluding hydrogens is 402 g/mol. The van der Waals surface area contributed by atoms with Crippen molar-refractivity contribution in [1.29, 1.82) is 0 Å². The number of amides is 3. The second kappa shape index (κ2) is 8.08. The Morgan fingerprint density at radius 2 is 1.77 bits per heavy atom. The van der Waals surface area contributed by atoms with E-state index in [-0.39, 0.29) is 18.1 Å². The Morgan fingerprint density at radius 3 is 2.43 bits per heavy atom. The summed E-state index contributed by atoms with van der Waals surface area (Å²) in [5.74, 6) is 0.427. The molecule has 0 unspecified atom stereocenters. The average Bonchev–Trinajstić information content (AvgIpc) is 3.23. The molecule has 2 aromatic carbocycles. The average molecular weight is 422 g/mol. The van der Waals surface area contributed by atoms with E-state index in [2.05, 4.69) is 5.32 Å². The molecule has 152 valence electrons. The Bertz CT molecular complexity index is 1130. The van der Waals surface area contributed by atoms with Crippen LogP contribution < -0.4 is 10.1 Å². The molecule has 0 saturated carbocycles. The lowest BCUT2D eigenvalue weighted by atomic mass is 10.2. The van der Waals surface area contributed by atoms with Crippen molar-refractivity contribution < 1.29 is 14.3 Å². The van der Waals surface area contributed by atoms with Gasteiger partial charge < -0.3 is 14.6 Å². The summed E-state index contributed by atoms with van der Waals surface area (Å²) in [7, 11) is 1.63. The molecular formula is C23H20ClN3O3. The third kappa shape index (κ3) is 3.95. The van der Waals surface area contributed by atoms with E-state index in [1.165, 1.54) is 4.90 Å². The maximum atomic E-state index is 12.8. The number of carbonyl (C=O) groups is 2. The van der Waals surface area contributed by atoms with Gasteiger partial charge in [-0.15, -0.1) is 0 Å². The van der Waals surface area contributed by atoms with Gasteiger partial charge in [0.2, 0.25) is 0 Å². The molecule has 30 heavy (non-hydrogen) atoms. The van der Waals surface area contributed by atoms with Gasteiger partial charge in [-0.05, 0) is 66.6 Å². The third-order valence-corrected chi connectivity index (χ3v) is 5.16. The summed E-state index contributed by atoms with van der Waals surface area (Å²) < 4.78 is 7.21. The highest BCUT2D eigenvalue weighted by atomic mass is 35.5. The third-order valence-electron chi connectivity index (χ3n) is 4.91. The van der Waals surface area contributed by atoms with Crippen LogP contribution in [0.2, 0.25) is 5.02 Å². The number of benzene rings is 2. The lowest BCUT2D eigenvalue weighted by Gasteiger charge is -2.11. The minimum Gasteiger partial charge on any atom is -0.497 e. The molecule has 1 saturated heterocycles. The van der Waals surface area contributed by atoms with Gasteiger partial charge in [0, 0.05) is 22.6 Å². The SMILES string of the molecule is COc1ccc(-n2cc(/C=C3/NC(=O)N(Cc4ccc(Cl)cc4)C3=O)cc2C)cc1. The molecule has 1 N–H and O–H groups in total. The molecule has 1 fully saturated rings. The van der Waals surface area contributed by atoms with Gasteiger partial charge in [0.15, 0.2) is 0 Å². The highest BCUT2D eigenvalue weighted by Crippen LogP contribution is 2.22. The molecule has 2 heterocycles. The van der Waals surface area contributed by atoms with E-state index in [1.807, 2.05) is 48.0 Å². The number of aryl methyl sites for hydroxylation is 1. The number of urea groups is 1. The van der Waals surface area contributed by atoms with Gasteiger partial charge in [0.25, 0.3) is 5.91 Å². The Hall–Kier alpha value is -3.51. The van der Waals surface area contributed by atoms with Crippen molar-refractivity contribution in [2.75, 3.05) is 7.11 Å². The van der Waals surface area contributed by atoms with E-state index in [4.69, 9.17) is 16.3 Å². The van der Waals surface area contributed by atoms with E-state index in [0.29, 0.717) is 5.02 Å². The van der Waals surface area contributed by atoms with Gasteiger partial charge in [-0.3, -0.25) is 9.69 Å². The topological polar surface area (TPSA) is 63.6 Å². The molecule has 1 aliphatic heterocycles. The number of carbonyl (C=O) groups excluding carboxylic acids is 2. The van der Waals surface area contributed by atoms with Gasteiger partial charge in [0.1, 0.15) is 11.4 Å². The first-order valence-corrected chi connectivity index (χ1v) is 9.75. The summed E-state index contributed by atoms with van der Waals surface area (Å²) in [6.07, 6.45) is 3.61. The highest BCUT2D eigenvalue weighted by Gasteiger charge is 2.33. The minimum absolute atomic E-state index is 0.186. The maximum absolute atomic E-state index is 12.8. The second-order valence-corrected chi connectivity index (χ2v) is 7.43. The number of aromatic nitrogens is 1. The first kappa shape index (κ1) is 19.8. The van der Waals surface area contributed by atoms with Crippen LogP contribution >= 0.6 is 11.6 Å². The van der Waals surface area contributed by atoms with Crippen molar-refractivity contribution in [2.24, 2.45) is 0 Å². The van der Waals surface area contributed by atoms with Crippen molar-refractivity contribution in [3.05, 3.63) is 88.3 Å². The van der Waals surface area contributed by atoms with Crippen molar-refractivity contribution >= 4 is 29.6 Å². The van der Waals surface area contributed by atoms with E-state index in [0.717, 1.165) is 28.3 Å². The number of imide groups is 1. The molecule has 0 atom stereocenters. The largest absolute Gasteiger partial charge is 0.497 e. The van der Waals surface area contributed by atoms with E-state index < -0.39 is 6.03 Å². The summed E-state index contributed by atoms with van der Waals surface area (Å²) in [6, 6.07) is 16.3. The Morgan fingerprint density at radius 1 is 1.07 bits per heavy atom. The van der Waals surface area contributed by atoms with Crippen LogP contribution in [0.3, 0.4) is 0 Å². The number of rotatable bonds is 5. The normalized spacial score (nSPS) is 15.0. The maximum Gasteiger partial charge on any atom is 0.329 e. The fourth-order valence-electron chi connectivity index (χ4n) is 3.35. The standard InChI is InChI=1S/C23H20ClN3O3/c1-15-11-17(14-26(15)19-7-9-20(30-2)10-8-19)12-21-22(28)27(23(29)25-21)13-16-3-5-18(24)6-4-16/h3-12,14H,13H2,1-2H3,(H,25,29)/b21-12+. The molecule has 6 nitrogen and oxygen atoms in total. The Kier molecular flexibility index (Phi) is 5.33. The minimum atomic E-state index is -0.437. The van der Waals surface area contributed by atoms with Crippen molar-refractivity contribution in [1.82, 2.24) is 14.8 Å². The Labute approximate surface area is 179 Å². The molecule has 1 aliphatic rings. The quantitative estimate of drug-likeness (QED) is 0.486. The smallest absolute Gasteiger partial charge is 0.329 e. The van der Waals surface area contributed by atoms with Crippen LogP contribution in [0.5, 0.6) is 5.75 Å². The van der Waals surface area contributed by atoms with Crippen LogP contribution in [0.15, 0.2) is 66.5 Å². The predicted molar refractivity (Wildman–Crippen MR) is 116 cm³/mol. The summed E-state index contributed by atoms with van der Waals surface area (Å²) >= 11 is 5.90. The molecule has 0 radical (unpaired) electrons. The van der Waals surface area contributed by atoms with Gasteiger partial charge >= 0.3 is 6.03 Å². The van der Waals surface area contributed by atoms with Crippen molar-refractivity contribution in [3.8, 4) is 11.4 Å². The summed E-state index contributed by atoms with van der Waals surface area (Å²) in [6.45, 7) is 2.17. The number of hydrogen-bond acceptors (Lipinski definition) is 3. The van der Waals surface area contributed by atoms with Crippen molar-refractivity contribution in [2.45, 2.75) is 13.5 Å². The predicted octanol–water partition coefficient (Wildman–Crippen LogP) is 4.54. The zero-order valence-corrected chi connectivity index (χ0v) is 17.3. The van der Waals surface area contributed by atoms with E-state index in [9.17, 15) is 9.59 Å². The van der Waals surface area contributed by atoms with Crippen molar-refractivity contribution in [3.63, 3.8) is 0 Å². The van der Waals surface area contributed by atoms with Crippen LogP contribution in [0, 0.1) is 6.92 Å². The highest BCUT2D eigenvalue weighted by molar-refractivity contribution is 6.30. The lowest BCUT2D eigenvalue weighted by Crippen LogP contribution is -2.30. The molecule has 7 heteroatoms. The Balaban J connectivity index is 1.55. The monoisotopic (exact) mass is 421 g/mol. The fraction of sp³-hybridized carbons (Fsp3) is 0.130. The second-order valence-electron chi connectivity index (χ2n) is 6.99. The van der Waals surface area contributed by atoms with E-state index in [1.54, 1.807) is 37.5 Å². The number of nitrogens with one attached hydrogen (secondary N) is 1. The van der Waals surface area contributed by atoms with E-state index >= 15 is 0 Å². The summed E-state index contributed by atoms with van der Waals surface area (Å²) in [5, 5.41) is 3.27. The zero-order valence-electron chi connectivity index (χ0n) is 16.6. The van der Waals surface area contributed by atoms with Crippen LogP contribution in [0.4, 0.5) is 4.79 Å². The number of halogens is 1. The number of ether oxygens (including phenoxy) is 1.